The van der Waals surface area contributed by atoms with E-state index in [-0.39, 0.29) is 39.9 Å². The van der Waals surface area contributed by atoms with Gasteiger partial charge in [0.15, 0.2) is 0 Å². The molecule has 0 saturated carbocycles. The maximum Gasteiger partial charge on any atom is 2.00 e. The van der Waals surface area contributed by atoms with Gasteiger partial charge in [-0.25, -0.2) is 9.00 Å². The topological polar surface area (TPSA) is 150 Å². The van der Waals surface area contributed by atoms with Crippen LogP contribution >= 0.6 is 0 Å². The number of carboxylic acid groups (broad SMARTS) is 2. The molecule has 2 aromatic rings. The Morgan fingerprint density at radius 3 is 1.92 bits per heavy atom. The van der Waals surface area contributed by atoms with Crippen molar-refractivity contribution in [3.63, 3.8) is 0 Å². The second-order valence-corrected chi connectivity index (χ2v) is 4.45. The molecular formula is C14H9MgO8S-. The normalized spacial score (nSPS) is 10.4. The van der Waals surface area contributed by atoms with Gasteiger partial charge in [-0.15, -0.1) is 0 Å². The second-order valence-electron chi connectivity index (χ2n) is 3.87. The molecule has 2 aromatic carbocycles. The van der Waals surface area contributed by atoms with Gasteiger partial charge in [0.05, 0.1) is 11.5 Å². The molecule has 0 aliphatic heterocycles. The molecule has 1 N–H and O–H groups in total. The molecule has 2 rings (SSSR count). The average molecular weight is 362 g/mol. The number of aromatic carboxylic acids is 2. The zero-order valence-electron chi connectivity index (χ0n) is 12.0. The number of carbonyl (C=O) groups is 2. The summed E-state index contributed by atoms with van der Waals surface area (Å²) in [4.78, 5) is 20.6. The van der Waals surface area contributed by atoms with Crippen molar-refractivity contribution >= 4 is 46.4 Å². The zero-order valence-corrected chi connectivity index (χ0v) is 14.3. The van der Waals surface area contributed by atoms with Crippen LogP contribution in [-0.2, 0) is 11.4 Å². The molecule has 0 heterocycles. The number of benzene rings is 2. The van der Waals surface area contributed by atoms with E-state index in [1.807, 2.05) is 0 Å². The van der Waals surface area contributed by atoms with Gasteiger partial charge in [0.1, 0.15) is 17.1 Å². The molecular weight excluding hydrogens is 353 g/mol. The fourth-order valence-electron chi connectivity index (χ4n) is 1.42. The third kappa shape index (κ3) is 6.96. The minimum atomic E-state index is -2.78. The first-order chi connectivity index (χ1) is 10.8. The Balaban J connectivity index is 0.000000436. The number of hydrogen-bond acceptors (Lipinski definition) is 7. The van der Waals surface area contributed by atoms with Crippen molar-refractivity contribution in [2.75, 3.05) is 0 Å². The molecule has 0 aliphatic rings. The molecule has 1 atom stereocenters. The van der Waals surface area contributed by atoms with Crippen molar-refractivity contribution in [1.82, 2.24) is 0 Å². The monoisotopic (exact) mass is 361 g/mol. The number of rotatable bonds is 4. The molecule has 10 heteroatoms. The maximum absolute atomic E-state index is 10.7. The van der Waals surface area contributed by atoms with Crippen LogP contribution in [0.15, 0.2) is 48.5 Å². The molecule has 0 aliphatic carbocycles. The molecule has 122 valence electrons. The first-order valence-corrected chi connectivity index (χ1v) is 6.90. The Morgan fingerprint density at radius 1 is 1.00 bits per heavy atom. The van der Waals surface area contributed by atoms with E-state index in [4.69, 9.17) is 5.11 Å². The summed E-state index contributed by atoms with van der Waals surface area (Å²) in [5.41, 5.74) is -0.478. The summed E-state index contributed by atoms with van der Waals surface area (Å²) in [7, 11) is 0. The second kappa shape index (κ2) is 10.6. The quantitative estimate of drug-likeness (QED) is 0.554. The summed E-state index contributed by atoms with van der Waals surface area (Å²) in [6.45, 7) is 0. The van der Waals surface area contributed by atoms with E-state index in [1.165, 1.54) is 48.5 Å². The van der Waals surface area contributed by atoms with E-state index >= 15 is 0 Å². The molecule has 0 aromatic heterocycles. The smallest absolute Gasteiger partial charge is 0.872 e. The van der Waals surface area contributed by atoms with Gasteiger partial charge in [-0.05, 0) is 18.2 Å². The Bertz CT molecular complexity index is 734. The van der Waals surface area contributed by atoms with Crippen LogP contribution in [0, 0.1) is 0 Å². The van der Waals surface area contributed by atoms with Gasteiger partial charge < -0.3 is 28.8 Å². The van der Waals surface area contributed by atoms with E-state index in [9.17, 15) is 28.6 Å². The first kappa shape index (κ1) is 21.9. The molecule has 0 radical (unpaired) electrons. The molecule has 0 saturated heterocycles. The van der Waals surface area contributed by atoms with Crippen molar-refractivity contribution in [2.24, 2.45) is 0 Å². The van der Waals surface area contributed by atoms with Gasteiger partial charge in [0.2, 0.25) is 0 Å². The van der Waals surface area contributed by atoms with Crippen LogP contribution in [0.2, 0.25) is 0 Å². The standard InChI is InChI=1S/C7H6O5S.C7H6O3.Mg/c8-7(9)5-3-1-2-4-6(5)12-13(10)11;8-6-4-2-1-3-5(6)7(9)10;/h1-4H,(H,8,9)(H,10,11);1-4,8H,(H,9,10);/q;;+2/p-3. The number of hydrogen-bond donors (Lipinski definition) is 1. The van der Waals surface area contributed by atoms with Crippen LogP contribution in [0.1, 0.15) is 20.7 Å². The van der Waals surface area contributed by atoms with E-state index in [0.717, 1.165) is 0 Å². The van der Waals surface area contributed by atoms with Crippen LogP contribution in [-0.4, -0.2) is 48.9 Å². The van der Waals surface area contributed by atoms with Crippen molar-refractivity contribution in [2.45, 2.75) is 0 Å². The Hall–Kier alpha value is -2.14. The van der Waals surface area contributed by atoms with Crippen molar-refractivity contribution in [3.8, 4) is 11.5 Å². The predicted molar refractivity (Wildman–Crippen MR) is 78.9 cm³/mol. The van der Waals surface area contributed by atoms with E-state index < -0.39 is 29.0 Å². The average Bonchev–Trinajstić information content (AvgIpc) is 2.47. The van der Waals surface area contributed by atoms with E-state index in [0.29, 0.717) is 0 Å². The van der Waals surface area contributed by atoms with Crippen molar-refractivity contribution in [1.29, 1.82) is 0 Å². The molecule has 0 fully saturated rings. The predicted octanol–water partition coefficient (Wildman–Crippen LogP) is -0.699. The third-order valence-corrected chi connectivity index (χ3v) is 2.70. The van der Waals surface area contributed by atoms with Crippen LogP contribution in [0.25, 0.3) is 0 Å². The van der Waals surface area contributed by atoms with Gasteiger partial charge >= 0.3 is 29.0 Å². The van der Waals surface area contributed by atoms with E-state index in [1.54, 1.807) is 0 Å². The maximum atomic E-state index is 10.7. The van der Waals surface area contributed by atoms with Crippen LogP contribution in [0.5, 0.6) is 11.5 Å². The van der Waals surface area contributed by atoms with Gasteiger partial charge in [-0.2, -0.15) is 0 Å². The molecule has 0 spiro atoms. The van der Waals surface area contributed by atoms with Crippen molar-refractivity contribution < 1.29 is 37.9 Å². The summed E-state index contributed by atoms with van der Waals surface area (Å²) in [6.07, 6.45) is 0. The Labute approximate surface area is 155 Å². The zero-order chi connectivity index (χ0) is 17.4. The van der Waals surface area contributed by atoms with Crippen LogP contribution < -0.4 is 14.4 Å². The molecule has 1 unspecified atom stereocenters. The molecule has 0 amide bonds. The number of carbonyl (C=O) groups excluding carboxylic acids is 1. The fourth-order valence-corrected chi connectivity index (χ4v) is 1.72. The first-order valence-electron chi connectivity index (χ1n) is 5.90. The van der Waals surface area contributed by atoms with Gasteiger partial charge in [-0.3, -0.25) is 0 Å². The number of para-hydroxylation sites is 2. The summed E-state index contributed by atoms with van der Waals surface area (Å²) in [5, 5.41) is 29.5. The van der Waals surface area contributed by atoms with Crippen LogP contribution in [0.4, 0.5) is 0 Å². The SMILES string of the molecule is O=C(O)c1ccccc1[O-].O=C([O-])c1ccccc1OS(=O)[O-].[Mg+2]. The summed E-state index contributed by atoms with van der Waals surface area (Å²) in [5.74, 6) is -3.36. The number of carboxylic acids is 2. The molecule has 0 bridgehead atoms. The minimum Gasteiger partial charge on any atom is -0.872 e. The van der Waals surface area contributed by atoms with Gasteiger partial charge in [-0.1, -0.05) is 36.1 Å². The Morgan fingerprint density at radius 2 is 1.50 bits per heavy atom. The third-order valence-electron chi connectivity index (χ3n) is 2.38. The van der Waals surface area contributed by atoms with Crippen molar-refractivity contribution in [3.05, 3.63) is 59.7 Å². The van der Waals surface area contributed by atoms with Crippen LogP contribution in [0.3, 0.4) is 0 Å². The van der Waals surface area contributed by atoms with Gasteiger partial charge in [0.25, 0.3) is 0 Å². The summed E-state index contributed by atoms with van der Waals surface area (Å²) < 4.78 is 24.4. The van der Waals surface area contributed by atoms with E-state index in [2.05, 4.69) is 4.18 Å². The summed E-state index contributed by atoms with van der Waals surface area (Å²) in [6, 6.07) is 10.8. The molecule has 24 heavy (non-hydrogen) atoms. The fraction of sp³-hybridized carbons (Fsp3) is 0. The Kier molecular flexibility index (Phi) is 9.65. The van der Waals surface area contributed by atoms with Gasteiger partial charge in [0, 0.05) is 5.56 Å². The molecule has 8 nitrogen and oxygen atoms in total. The summed E-state index contributed by atoms with van der Waals surface area (Å²) >= 11 is -2.78. The minimum absolute atomic E-state index is 0. The largest absolute Gasteiger partial charge is 2.00 e.